The van der Waals surface area contributed by atoms with Crippen LogP contribution in [-0.4, -0.2) is 24.7 Å². The van der Waals surface area contributed by atoms with E-state index in [0.717, 1.165) is 4.47 Å². The molecule has 1 aromatic rings. The number of halogens is 2. The summed E-state index contributed by atoms with van der Waals surface area (Å²) in [7, 11) is 1.30. The van der Waals surface area contributed by atoms with E-state index >= 15 is 0 Å². The number of hydrogen-bond donors (Lipinski definition) is 0. The van der Waals surface area contributed by atoms with Gasteiger partial charge in [-0.05, 0) is 17.7 Å². The van der Waals surface area contributed by atoms with Crippen LogP contribution in [0.15, 0.2) is 22.7 Å². The van der Waals surface area contributed by atoms with Gasteiger partial charge in [-0.2, -0.15) is 0 Å². The molecule has 0 unspecified atom stereocenters. The second kappa shape index (κ2) is 6.01. The van der Waals surface area contributed by atoms with Crippen molar-refractivity contribution >= 4 is 39.3 Å². The fraction of sp³-hybridized carbons (Fsp3) is 0.273. The average molecular weight is 306 g/mol. The third-order valence-electron chi connectivity index (χ3n) is 2.01. The number of alkyl halides is 1. The Kier molecular flexibility index (Phi) is 4.96. The third kappa shape index (κ3) is 3.32. The van der Waals surface area contributed by atoms with E-state index in [2.05, 4.69) is 20.7 Å². The second-order valence-corrected chi connectivity index (χ2v) is 4.33. The summed E-state index contributed by atoms with van der Waals surface area (Å²) in [6.07, 6.45) is 0.140. The molecule has 3 nitrogen and oxygen atoms in total. The summed E-state index contributed by atoms with van der Waals surface area (Å²) in [5, 5.41) is 0. The minimum atomic E-state index is -0.460. The Balaban J connectivity index is 3.07. The quantitative estimate of drug-likeness (QED) is 0.634. The molecule has 0 atom stereocenters. The van der Waals surface area contributed by atoms with Crippen molar-refractivity contribution in [2.75, 3.05) is 13.0 Å². The lowest BCUT2D eigenvalue weighted by Crippen LogP contribution is -2.11. The van der Waals surface area contributed by atoms with Gasteiger partial charge in [-0.15, -0.1) is 11.6 Å². The Labute approximate surface area is 107 Å². The summed E-state index contributed by atoms with van der Waals surface area (Å²) in [5.74, 6) is -0.649. The monoisotopic (exact) mass is 304 g/mol. The largest absolute Gasteiger partial charge is 0.465 e. The van der Waals surface area contributed by atoms with Crippen LogP contribution in [0.4, 0.5) is 0 Å². The van der Waals surface area contributed by atoms with Gasteiger partial charge in [0.1, 0.15) is 0 Å². The van der Waals surface area contributed by atoms with Gasteiger partial charge < -0.3 is 4.74 Å². The molecule has 0 saturated carbocycles. The van der Waals surface area contributed by atoms with Crippen molar-refractivity contribution in [2.24, 2.45) is 0 Å². The van der Waals surface area contributed by atoms with Crippen LogP contribution in [0.1, 0.15) is 15.9 Å². The Morgan fingerprint density at radius 3 is 2.69 bits per heavy atom. The Hall–Kier alpha value is -0.870. The molecule has 0 aliphatic rings. The van der Waals surface area contributed by atoms with Gasteiger partial charge in [-0.3, -0.25) is 4.79 Å². The fourth-order valence-corrected chi connectivity index (χ4v) is 1.72. The molecule has 0 radical (unpaired) electrons. The molecule has 0 fully saturated rings. The number of Topliss-reactive ketones (excluding diaryl/α,β-unsaturated/α-hetero) is 1. The number of hydrogen-bond acceptors (Lipinski definition) is 3. The Bertz CT molecular complexity index is 418. The Morgan fingerprint density at radius 2 is 2.12 bits per heavy atom. The van der Waals surface area contributed by atoms with E-state index in [9.17, 15) is 9.59 Å². The van der Waals surface area contributed by atoms with Crippen molar-refractivity contribution in [1.82, 2.24) is 0 Å². The van der Waals surface area contributed by atoms with E-state index in [1.165, 1.54) is 7.11 Å². The summed E-state index contributed by atoms with van der Waals surface area (Å²) in [6, 6.07) is 5.10. The molecule has 5 heteroatoms. The molecule has 0 aromatic heterocycles. The summed E-state index contributed by atoms with van der Waals surface area (Å²) in [5.41, 5.74) is 1.01. The standard InChI is InChI=1S/C11H10BrClO3/c1-16-11(15)10-5-8(12)3-2-7(10)4-9(14)6-13/h2-3,5H,4,6H2,1H3. The van der Waals surface area contributed by atoms with Gasteiger partial charge in [0.2, 0.25) is 0 Å². The van der Waals surface area contributed by atoms with Gasteiger partial charge in [0.15, 0.2) is 5.78 Å². The highest BCUT2D eigenvalue weighted by Gasteiger charge is 2.14. The lowest BCUT2D eigenvalue weighted by Gasteiger charge is -2.07. The van der Waals surface area contributed by atoms with Crippen LogP contribution in [0.2, 0.25) is 0 Å². The zero-order chi connectivity index (χ0) is 12.1. The molecular formula is C11H10BrClO3. The Morgan fingerprint density at radius 1 is 1.44 bits per heavy atom. The number of carbonyl (C=O) groups is 2. The zero-order valence-corrected chi connectivity index (χ0v) is 11.0. The first-order valence-electron chi connectivity index (χ1n) is 4.53. The maximum atomic E-state index is 11.5. The lowest BCUT2D eigenvalue weighted by atomic mass is 10.0. The highest BCUT2D eigenvalue weighted by Crippen LogP contribution is 2.18. The molecule has 0 N–H and O–H groups in total. The van der Waals surface area contributed by atoms with Crippen molar-refractivity contribution in [3.63, 3.8) is 0 Å². The minimum absolute atomic E-state index is 0.0589. The first-order valence-corrected chi connectivity index (χ1v) is 5.85. The van der Waals surface area contributed by atoms with Gasteiger partial charge in [0.05, 0.1) is 18.6 Å². The summed E-state index contributed by atoms with van der Waals surface area (Å²) >= 11 is 8.68. The van der Waals surface area contributed by atoms with E-state index in [-0.39, 0.29) is 18.1 Å². The molecule has 0 aliphatic carbocycles. The highest BCUT2D eigenvalue weighted by molar-refractivity contribution is 9.10. The van der Waals surface area contributed by atoms with Crippen LogP contribution in [0, 0.1) is 0 Å². The van der Waals surface area contributed by atoms with E-state index < -0.39 is 5.97 Å². The third-order valence-corrected chi connectivity index (χ3v) is 2.81. The number of ketones is 1. The molecule has 0 saturated heterocycles. The number of carbonyl (C=O) groups excluding carboxylic acids is 2. The first kappa shape index (κ1) is 13.2. The number of benzene rings is 1. The minimum Gasteiger partial charge on any atom is -0.465 e. The molecule has 0 heterocycles. The summed E-state index contributed by atoms with van der Waals surface area (Å²) in [6.45, 7) is 0. The smallest absolute Gasteiger partial charge is 0.338 e. The van der Waals surface area contributed by atoms with E-state index in [1.807, 2.05) is 0 Å². The van der Waals surface area contributed by atoms with Gasteiger partial charge in [0, 0.05) is 10.9 Å². The van der Waals surface area contributed by atoms with Crippen LogP contribution in [0.5, 0.6) is 0 Å². The molecule has 1 aromatic carbocycles. The van der Waals surface area contributed by atoms with Crippen molar-refractivity contribution in [1.29, 1.82) is 0 Å². The first-order chi connectivity index (χ1) is 7.58. The molecule has 0 aliphatic heterocycles. The van der Waals surface area contributed by atoms with Crippen LogP contribution in [-0.2, 0) is 16.0 Å². The summed E-state index contributed by atoms with van der Waals surface area (Å²) < 4.78 is 5.40. The molecule has 0 amide bonds. The number of esters is 1. The SMILES string of the molecule is COC(=O)c1cc(Br)ccc1CC(=O)CCl. The number of rotatable bonds is 4. The van der Waals surface area contributed by atoms with E-state index in [4.69, 9.17) is 11.6 Å². The molecule has 1 rings (SSSR count). The van der Waals surface area contributed by atoms with Gasteiger partial charge in [-0.25, -0.2) is 4.79 Å². The zero-order valence-electron chi connectivity index (χ0n) is 8.63. The highest BCUT2D eigenvalue weighted by atomic mass is 79.9. The summed E-state index contributed by atoms with van der Waals surface area (Å²) in [4.78, 5) is 22.7. The van der Waals surface area contributed by atoms with Crippen LogP contribution in [0.3, 0.4) is 0 Å². The predicted molar refractivity (Wildman–Crippen MR) is 64.9 cm³/mol. The fourth-order valence-electron chi connectivity index (χ4n) is 1.26. The van der Waals surface area contributed by atoms with Crippen molar-refractivity contribution in [3.05, 3.63) is 33.8 Å². The number of methoxy groups -OCH3 is 1. The van der Waals surface area contributed by atoms with Crippen molar-refractivity contribution in [2.45, 2.75) is 6.42 Å². The van der Waals surface area contributed by atoms with Crippen LogP contribution < -0.4 is 0 Å². The second-order valence-electron chi connectivity index (χ2n) is 3.14. The van der Waals surface area contributed by atoms with E-state index in [1.54, 1.807) is 18.2 Å². The average Bonchev–Trinajstić information content (AvgIpc) is 2.30. The van der Waals surface area contributed by atoms with Crippen LogP contribution >= 0.6 is 27.5 Å². The molecule has 16 heavy (non-hydrogen) atoms. The maximum absolute atomic E-state index is 11.5. The normalized spacial score (nSPS) is 9.94. The van der Waals surface area contributed by atoms with Crippen molar-refractivity contribution < 1.29 is 14.3 Å². The predicted octanol–water partition coefficient (Wildman–Crippen LogP) is 2.59. The molecular weight excluding hydrogens is 295 g/mol. The van der Waals surface area contributed by atoms with E-state index in [0.29, 0.717) is 11.1 Å². The van der Waals surface area contributed by atoms with Gasteiger partial charge in [-0.1, -0.05) is 22.0 Å². The maximum Gasteiger partial charge on any atom is 0.338 e. The van der Waals surface area contributed by atoms with Gasteiger partial charge in [0.25, 0.3) is 0 Å². The van der Waals surface area contributed by atoms with Crippen LogP contribution in [0.25, 0.3) is 0 Å². The molecule has 0 bridgehead atoms. The lowest BCUT2D eigenvalue weighted by molar-refractivity contribution is -0.116. The van der Waals surface area contributed by atoms with Gasteiger partial charge >= 0.3 is 5.97 Å². The van der Waals surface area contributed by atoms with Crippen molar-refractivity contribution in [3.8, 4) is 0 Å². The number of ether oxygens (including phenoxy) is 1. The molecule has 86 valence electrons. The topological polar surface area (TPSA) is 43.4 Å². The molecule has 0 spiro atoms.